The van der Waals surface area contributed by atoms with Gasteiger partial charge in [0, 0.05) is 44.6 Å². The Bertz CT molecular complexity index is 632. The second-order valence-electron chi connectivity index (χ2n) is 6.54. The summed E-state index contributed by atoms with van der Waals surface area (Å²) in [6.45, 7) is 4.40. The molecule has 1 aromatic heterocycles. The Morgan fingerprint density at radius 2 is 1.79 bits per heavy atom. The van der Waals surface area contributed by atoms with E-state index in [1.54, 1.807) is 0 Å². The largest absolute Gasteiger partial charge is 0.378 e. The fourth-order valence-corrected chi connectivity index (χ4v) is 3.04. The molecule has 0 bridgehead atoms. The Hall–Kier alpha value is -2.14. The van der Waals surface area contributed by atoms with Gasteiger partial charge in [0.2, 0.25) is 5.95 Å². The molecule has 0 spiro atoms. The van der Waals surface area contributed by atoms with Crippen LogP contribution in [0.1, 0.15) is 19.3 Å². The molecular formula is C19H27N5. The van der Waals surface area contributed by atoms with Crippen LogP contribution in [0.2, 0.25) is 0 Å². The van der Waals surface area contributed by atoms with Crippen LogP contribution in [0.5, 0.6) is 0 Å². The zero-order valence-corrected chi connectivity index (χ0v) is 14.7. The van der Waals surface area contributed by atoms with Crippen LogP contribution in [-0.2, 0) is 0 Å². The molecule has 24 heavy (non-hydrogen) atoms. The molecule has 1 aliphatic heterocycles. The van der Waals surface area contributed by atoms with Gasteiger partial charge in [0.25, 0.3) is 0 Å². The lowest BCUT2D eigenvalue weighted by molar-refractivity contribution is 0.237. The summed E-state index contributed by atoms with van der Waals surface area (Å²) in [6, 6.07) is 10.4. The van der Waals surface area contributed by atoms with Gasteiger partial charge in [0.1, 0.15) is 0 Å². The predicted octanol–water partition coefficient (Wildman–Crippen LogP) is 3.11. The maximum atomic E-state index is 4.65. The number of aromatic nitrogens is 2. The minimum Gasteiger partial charge on any atom is -0.378 e. The molecule has 1 aliphatic rings. The van der Waals surface area contributed by atoms with Gasteiger partial charge >= 0.3 is 0 Å². The Morgan fingerprint density at radius 3 is 2.50 bits per heavy atom. The Morgan fingerprint density at radius 1 is 1.04 bits per heavy atom. The highest BCUT2D eigenvalue weighted by Crippen LogP contribution is 2.21. The molecule has 1 fully saturated rings. The minimum atomic E-state index is 0.709. The summed E-state index contributed by atoms with van der Waals surface area (Å²) in [6.07, 6.45) is 5.86. The first-order valence-electron chi connectivity index (χ1n) is 8.79. The lowest BCUT2D eigenvalue weighted by Crippen LogP contribution is -2.33. The number of nitrogens with zero attached hydrogens (tertiary/aromatic N) is 4. The van der Waals surface area contributed by atoms with E-state index in [1.165, 1.54) is 38.0 Å². The lowest BCUT2D eigenvalue weighted by atomic mass is 10.1. The van der Waals surface area contributed by atoms with Gasteiger partial charge in [-0.25, -0.2) is 9.97 Å². The van der Waals surface area contributed by atoms with Crippen molar-refractivity contribution in [1.82, 2.24) is 14.9 Å². The monoisotopic (exact) mass is 325 g/mol. The maximum absolute atomic E-state index is 4.65. The van der Waals surface area contributed by atoms with Crippen LogP contribution in [0, 0.1) is 0 Å². The van der Waals surface area contributed by atoms with Crippen molar-refractivity contribution in [3.05, 3.63) is 36.5 Å². The average Bonchev–Trinajstić information content (AvgIpc) is 2.63. The quantitative estimate of drug-likeness (QED) is 0.884. The number of piperidine rings is 1. The van der Waals surface area contributed by atoms with Crippen molar-refractivity contribution in [3.63, 3.8) is 0 Å². The van der Waals surface area contributed by atoms with E-state index in [0.717, 1.165) is 24.3 Å². The Kier molecular flexibility index (Phi) is 5.64. The number of hydrogen-bond donors (Lipinski definition) is 1. The fraction of sp³-hybridized carbons (Fsp3) is 0.474. The number of benzene rings is 1. The summed E-state index contributed by atoms with van der Waals surface area (Å²) in [5.74, 6) is 0.709. The van der Waals surface area contributed by atoms with Gasteiger partial charge in [-0.2, -0.15) is 0 Å². The summed E-state index contributed by atoms with van der Waals surface area (Å²) < 4.78 is 0. The summed E-state index contributed by atoms with van der Waals surface area (Å²) in [4.78, 5) is 13.6. The number of likely N-dealkylation sites (tertiary alicyclic amines) is 1. The van der Waals surface area contributed by atoms with Gasteiger partial charge in [-0.05, 0) is 44.1 Å². The van der Waals surface area contributed by atoms with Gasteiger partial charge in [-0.15, -0.1) is 0 Å². The number of rotatable bonds is 6. The molecule has 1 saturated heterocycles. The lowest BCUT2D eigenvalue weighted by Gasteiger charge is -2.26. The van der Waals surface area contributed by atoms with E-state index in [0.29, 0.717) is 5.95 Å². The van der Waals surface area contributed by atoms with Crippen LogP contribution >= 0.6 is 0 Å². The molecule has 1 N–H and O–H groups in total. The third kappa shape index (κ3) is 4.45. The van der Waals surface area contributed by atoms with Gasteiger partial charge in [-0.1, -0.05) is 18.6 Å². The third-order valence-electron chi connectivity index (χ3n) is 4.49. The zero-order chi connectivity index (χ0) is 16.8. The first kappa shape index (κ1) is 16.7. The van der Waals surface area contributed by atoms with Crippen LogP contribution in [0.3, 0.4) is 0 Å². The molecule has 0 unspecified atom stereocenters. The van der Waals surface area contributed by atoms with E-state index in [-0.39, 0.29) is 0 Å². The van der Waals surface area contributed by atoms with Crippen molar-refractivity contribution in [2.24, 2.45) is 0 Å². The van der Waals surface area contributed by atoms with Crippen LogP contribution in [-0.4, -0.2) is 55.1 Å². The van der Waals surface area contributed by atoms with Crippen LogP contribution in [0.15, 0.2) is 36.5 Å². The molecule has 2 aromatic rings. The van der Waals surface area contributed by atoms with Gasteiger partial charge in [0.15, 0.2) is 0 Å². The van der Waals surface area contributed by atoms with E-state index in [2.05, 4.69) is 49.4 Å². The molecule has 0 radical (unpaired) electrons. The van der Waals surface area contributed by atoms with Gasteiger partial charge in [0.05, 0.1) is 5.69 Å². The van der Waals surface area contributed by atoms with Crippen molar-refractivity contribution < 1.29 is 0 Å². The smallest absolute Gasteiger partial charge is 0.223 e. The van der Waals surface area contributed by atoms with Crippen molar-refractivity contribution in [3.8, 4) is 11.3 Å². The van der Waals surface area contributed by atoms with Crippen LogP contribution < -0.4 is 10.2 Å². The standard InChI is InChI=1S/C19H27N5/c1-23(2)17-8-6-16(7-9-17)18-10-11-20-19(22-18)21-12-15-24-13-4-3-5-14-24/h6-11H,3-5,12-15H2,1-2H3,(H,20,21,22). The predicted molar refractivity (Wildman–Crippen MR) is 101 cm³/mol. The van der Waals surface area contributed by atoms with Crippen molar-refractivity contribution in [2.45, 2.75) is 19.3 Å². The molecule has 5 heteroatoms. The molecule has 0 atom stereocenters. The van der Waals surface area contributed by atoms with E-state index in [1.807, 2.05) is 26.4 Å². The third-order valence-corrected chi connectivity index (χ3v) is 4.49. The summed E-state index contributed by atoms with van der Waals surface area (Å²) in [5, 5.41) is 3.36. The molecule has 3 rings (SSSR count). The van der Waals surface area contributed by atoms with Crippen LogP contribution in [0.4, 0.5) is 11.6 Å². The second kappa shape index (κ2) is 8.11. The first-order valence-corrected chi connectivity index (χ1v) is 8.79. The molecule has 0 aliphatic carbocycles. The van der Waals surface area contributed by atoms with Crippen molar-refractivity contribution in [1.29, 1.82) is 0 Å². The highest BCUT2D eigenvalue weighted by Gasteiger charge is 2.09. The van der Waals surface area contributed by atoms with E-state index in [9.17, 15) is 0 Å². The maximum Gasteiger partial charge on any atom is 0.223 e. The highest BCUT2D eigenvalue weighted by atomic mass is 15.2. The molecule has 0 saturated carbocycles. The van der Waals surface area contributed by atoms with E-state index in [4.69, 9.17) is 0 Å². The number of hydrogen-bond acceptors (Lipinski definition) is 5. The van der Waals surface area contributed by atoms with Gasteiger partial charge in [-0.3, -0.25) is 0 Å². The molecule has 128 valence electrons. The van der Waals surface area contributed by atoms with E-state index >= 15 is 0 Å². The SMILES string of the molecule is CN(C)c1ccc(-c2ccnc(NCCN3CCCCC3)n2)cc1. The normalized spacial score (nSPS) is 15.2. The van der Waals surface area contributed by atoms with E-state index < -0.39 is 0 Å². The van der Waals surface area contributed by atoms with Crippen molar-refractivity contribution in [2.75, 3.05) is 50.5 Å². The molecular weight excluding hydrogens is 298 g/mol. The average molecular weight is 325 g/mol. The summed E-state index contributed by atoms with van der Waals surface area (Å²) in [7, 11) is 4.09. The molecule has 0 amide bonds. The summed E-state index contributed by atoms with van der Waals surface area (Å²) >= 11 is 0. The topological polar surface area (TPSA) is 44.3 Å². The minimum absolute atomic E-state index is 0.709. The first-order chi connectivity index (χ1) is 11.7. The second-order valence-corrected chi connectivity index (χ2v) is 6.54. The van der Waals surface area contributed by atoms with Gasteiger partial charge < -0.3 is 15.1 Å². The Labute approximate surface area is 144 Å². The zero-order valence-electron chi connectivity index (χ0n) is 14.7. The fourth-order valence-electron chi connectivity index (χ4n) is 3.04. The molecule has 5 nitrogen and oxygen atoms in total. The van der Waals surface area contributed by atoms with Crippen LogP contribution in [0.25, 0.3) is 11.3 Å². The molecule has 1 aromatic carbocycles. The van der Waals surface area contributed by atoms with Crippen molar-refractivity contribution >= 4 is 11.6 Å². The Balaban J connectivity index is 1.59. The highest BCUT2D eigenvalue weighted by molar-refractivity contribution is 5.63. The number of nitrogens with one attached hydrogen (secondary N) is 1. The molecule has 2 heterocycles. The summed E-state index contributed by atoms with van der Waals surface area (Å²) in [5.41, 5.74) is 3.26. The number of anilines is 2.